The highest BCUT2D eigenvalue weighted by Crippen LogP contribution is 2.51. The first-order valence-electron chi connectivity index (χ1n) is 3.92. The van der Waals surface area contributed by atoms with E-state index in [9.17, 15) is 22.0 Å². The number of halogens is 7. The first kappa shape index (κ1) is 14.2. The Morgan fingerprint density at radius 2 is 1.81 bits per heavy atom. The van der Waals surface area contributed by atoms with Crippen molar-refractivity contribution in [1.29, 1.82) is 0 Å². The van der Waals surface area contributed by atoms with Crippen molar-refractivity contribution in [2.24, 2.45) is 0 Å². The van der Waals surface area contributed by atoms with E-state index in [2.05, 4.69) is 15.9 Å². The van der Waals surface area contributed by atoms with E-state index in [0.29, 0.717) is 16.9 Å². The fraction of sp³-hybridized carbons (Fsp3) is 0.500. The molecule has 92 valence electrons. The average Bonchev–Trinajstić information content (AvgIpc) is 2.43. The molecule has 0 aliphatic heterocycles. The lowest BCUT2D eigenvalue weighted by atomic mass is 10.2. The Balaban J connectivity index is 3.07. The number of aryl methyl sites for hydroxylation is 1. The van der Waals surface area contributed by atoms with Gasteiger partial charge in [-0.15, -0.1) is 11.3 Å². The third-order valence-corrected chi connectivity index (χ3v) is 4.81. The van der Waals surface area contributed by atoms with Gasteiger partial charge in [-0.2, -0.15) is 22.0 Å². The quantitative estimate of drug-likeness (QED) is 0.502. The minimum Gasteiger partial charge on any atom is -0.195 e. The Hall–Kier alpha value is 0.120. The summed E-state index contributed by atoms with van der Waals surface area (Å²) in [6.07, 6.45) is -5.59. The van der Waals surface area contributed by atoms with Crippen molar-refractivity contribution in [3.63, 3.8) is 0 Å². The third-order valence-electron chi connectivity index (χ3n) is 1.82. The second kappa shape index (κ2) is 4.42. The van der Waals surface area contributed by atoms with Gasteiger partial charge in [0.25, 0.3) is 0 Å². The molecule has 0 fully saturated rings. The third kappa shape index (κ3) is 2.51. The number of thiophene rings is 1. The molecule has 0 bridgehead atoms. The largest absolute Gasteiger partial charge is 0.454 e. The average molecular weight is 344 g/mol. The highest BCUT2D eigenvalue weighted by Gasteiger charge is 2.62. The van der Waals surface area contributed by atoms with Crippen molar-refractivity contribution >= 4 is 38.9 Å². The van der Waals surface area contributed by atoms with Gasteiger partial charge in [0.15, 0.2) is 0 Å². The van der Waals surface area contributed by atoms with Crippen LogP contribution in [-0.2, 0) is 0 Å². The topological polar surface area (TPSA) is 0 Å². The van der Waals surface area contributed by atoms with Crippen LogP contribution < -0.4 is 0 Å². The molecule has 1 aromatic rings. The van der Waals surface area contributed by atoms with Crippen LogP contribution in [0.2, 0.25) is 4.34 Å². The first-order valence-corrected chi connectivity index (χ1v) is 6.03. The predicted octanol–water partition coefficient (Wildman–Crippen LogP) is 5.34. The second-order valence-electron chi connectivity index (χ2n) is 3.09. The highest BCUT2D eigenvalue weighted by atomic mass is 79.9. The fourth-order valence-electron chi connectivity index (χ4n) is 0.931. The van der Waals surface area contributed by atoms with Crippen LogP contribution in [0.5, 0.6) is 0 Å². The summed E-state index contributed by atoms with van der Waals surface area (Å²) in [7, 11) is 0. The lowest BCUT2D eigenvalue weighted by molar-refractivity contribution is -0.281. The zero-order valence-electron chi connectivity index (χ0n) is 7.71. The molecule has 8 heteroatoms. The van der Waals surface area contributed by atoms with Gasteiger partial charge in [-0.25, -0.2) is 0 Å². The molecule has 1 rings (SSSR count). The van der Waals surface area contributed by atoms with Gasteiger partial charge in [0.2, 0.25) is 0 Å². The smallest absolute Gasteiger partial charge is 0.195 e. The van der Waals surface area contributed by atoms with E-state index in [1.165, 1.54) is 13.0 Å². The zero-order valence-corrected chi connectivity index (χ0v) is 10.9. The second-order valence-corrected chi connectivity index (χ2v) is 5.69. The van der Waals surface area contributed by atoms with Crippen molar-refractivity contribution in [2.75, 3.05) is 0 Å². The Morgan fingerprint density at radius 3 is 2.12 bits per heavy atom. The van der Waals surface area contributed by atoms with Crippen LogP contribution >= 0.6 is 38.9 Å². The monoisotopic (exact) mass is 342 g/mol. The van der Waals surface area contributed by atoms with Gasteiger partial charge < -0.3 is 0 Å². The molecule has 0 radical (unpaired) electrons. The molecular formula is C8H5BrClF5S. The molecule has 0 nitrogen and oxygen atoms in total. The van der Waals surface area contributed by atoms with Gasteiger partial charge in [-0.1, -0.05) is 27.5 Å². The van der Waals surface area contributed by atoms with E-state index in [4.69, 9.17) is 11.6 Å². The maximum atomic E-state index is 12.9. The summed E-state index contributed by atoms with van der Waals surface area (Å²) in [5.74, 6) is -4.83. The molecule has 0 aliphatic rings. The maximum absolute atomic E-state index is 12.9. The fourth-order valence-corrected chi connectivity index (χ4v) is 2.84. The van der Waals surface area contributed by atoms with Crippen molar-refractivity contribution in [1.82, 2.24) is 0 Å². The van der Waals surface area contributed by atoms with Crippen LogP contribution in [0.1, 0.15) is 15.3 Å². The van der Waals surface area contributed by atoms with Gasteiger partial charge in [-0.05, 0) is 18.6 Å². The maximum Gasteiger partial charge on any atom is 0.454 e. The number of hydrogen-bond donors (Lipinski definition) is 0. The van der Waals surface area contributed by atoms with Crippen molar-refractivity contribution in [3.8, 4) is 0 Å². The van der Waals surface area contributed by atoms with Crippen molar-refractivity contribution in [2.45, 2.75) is 23.8 Å². The molecule has 16 heavy (non-hydrogen) atoms. The minimum atomic E-state index is -5.59. The molecule has 0 spiro atoms. The highest BCUT2D eigenvalue weighted by molar-refractivity contribution is 9.09. The van der Waals surface area contributed by atoms with Gasteiger partial charge in [-0.3, -0.25) is 0 Å². The van der Waals surface area contributed by atoms with E-state index in [1.54, 1.807) is 0 Å². The molecule has 0 aliphatic carbocycles. The summed E-state index contributed by atoms with van der Waals surface area (Å²) in [5.41, 5.74) is 0.476. The SMILES string of the molecule is Cc1cc(C(Br)C(F)(F)C(F)(F)F)sc1Cl. The van der Waals surface area contributed by atoms with E-state index >= 15 is 0 Å². The molecule has 1 atom stereocenters. The van der Waals surface area contributed by atoms with Crippen LogP contribution in [0.25, 0.3) is 0 Å². The predicted molar refractivity (Wildman–Crippen MR) is 56.7 cm³/mol. The summed E-state index contributed by atoms with van der Waals surface area (Å²) < 4.78 is 62.3. The standard InChI is InChI=1S/C8H5BrClF5S/c1-3-2-4(16-6(3)10)5(9)7(11,12)8(13,14)15/h2,5H,1H3. The molecule has 1 heterocycles. The molecule has 0 amide bonds. The molecule has 1 aromatic heterocycles. The number of hydrogen-bond acceptors (Lipinski definition) is 1. The van der Waals surface area contributed by atoms with Crippen LogP contribution in [0.15, 0.2) is 6.07 Å². The van der Waals surface area contributed by atoms with Crippen molar-refractivity contribution < 1.29 is 22.0 Å². The van der Waals surface area contributed by atoms with Crippen molar-refractivity contribution in [3.05, 3.63) is 20.8 Å². The summed E-state index contributed by atoms with van der Waals surface area (Å²) in [6, 6.07) is 1.21. The van der Waals surface area contributed by atoms with Crippen LogP contribution in [0.4, 0.5) is 22.0 Å². The van der Waals surface area contributed by atoms with Gasteiger partial charge in [0.1, 0.15) is 4.83 Å². The van der Waals surface area contributed by atoms with E-state index in [-0.39, 0.29) is 9.21 Å². The Morgan fingerprint density at radius 1 is 1.31 bits per heavy atom. The molecule has 1 unspecified atom stereocenters. The minimum absolute atomic E-state index is 0.148. The Kier molecular flexibility index (Phi) is 3.92. The summed E-state index contributed by atoms with van der Waals surface area (Å²) in [4.78, 5) is -2.26. The summed E-state index contributed by atoms with van der Waals surface area (Å²) in [5, 5.41) is 0. The molecule has 0 saturated heterocycles. The first-order chi connectivity index (χ1) is 7.07. The van der Waals surface area contributed by atoms with Crippen LogP contribution in [0.3, 0.4) is 0 Å². The van der Waals surface area contributed by atoms with E-state index in [0.717, 1.165) is 0 Å². The lowest BCUT2D eigenvalue weighted by Crippen LogP contribution is -2.39. The van der Waals surface area contributed by atoms with Gasteiger partial charge >= 0.3 is 12.1 Å². The number of alkyl halides is 6. The Labute approximate surface area is 106 Å². The normalized spacial score (nSPS) is 15.2. The summed E-state index contributed by atoms with van der Waals surface area (Å²) >= 11 is 8.69. The van der Waals surface area contributed by atoms with E-state index in [1.807, 2.05) is 0 Å². The summed E-state index contributed by atoms with van der Waals surface area (Å²) in [6.45, 7) is 1.54. The van der Waals surface area contributed by atoms with Gasteiger partial charge in [0, 0.05) is 4.88 Å². The van der Waals surface area contributed by atoms with Gasteiger partial charge in [0.05, 0.1) is 4.34 Å². The lowest BCUT2D eigenvalue weighted by Gasteiger charge is -2.23. The van der Waals surface area contributed by atoms with Crippen LogP contribution in [-0.4, -0.2) is 12.1 Å². The Bertz CT molecular complexity index is 367. The zero-order chi connectivity index (χ0) is 12.7. The molecular weight excluding hydrogens is 339 g/mol. The molecule has 0 N–H and O–H groups in total. The number of rotatable bonds is 2. The molecule has 0 saturated carbocycles. The van der Waals surface area contributed by atoms with Crippen LogP contribution in [0, 0.1) is 6.92 Å². The molecule has 0 aromatic carbocycles. The van der Waals surface area contributed by atoms with E-state index < -0.39 is 16.9 Å².